The molecule has 0 bridgehead atoms. The fourth-order valence-electron chi connectivity index (χ4n) is 3.05. The van der Waals surface area contributed by atoms with Crippen molar-refractivity contribution < 1.29 is 14.7 Å². The highest BCUT2D eigenvalue weighted by Crippen LogP contribution is 2.29. The summed E-state index contributed by atoms with van der Waals surface area (Å²) in [7, 11) is 0. The van der Waals surface area contributed by atoms with Crippen molar-refractivity contribution in [2.24, 2.45) is 11.8 Å². The van der Waals surface area contributed by atoms with E-state index in [1.165, 1.54) is 0 Å². The minimum atomic E-state index is -0.743. The molecular formula is C15H23N3O3. The van der Waals surface area contributed by atoms with Crippen molar-refractivity contribution >= 4 is 11.9 Å². The van der Waals surface area contributed by atoms with Crippen LogP contribution in [0.3, 0.4) is 0 Å². The summed E-state index contributed by atoms with van der Waals surface area (Å²) in [6, 6.07) is 1.93. The number of carbonyl (C=O) groups excluding carboxylic acids is 1. The third-order valence-electron chi connectivity index (χ3n) is 4.18. The van der Waals surface area contributed by atoms with Crippen LogP contribution in [0.15, 0.2) is 6.07 Å². The summed E-state index contributed by atoms with van der Waals surface area (Å²) < 4.78 is 1.67. The van der Waals surface area contributed by atoms with Crippen LogP contribution < -0.4 is 5.32 Å². The Labute approximate surface area is 124 Å². The molecule has 1 aliphatic carbocycles. The number of aryl methyl sites for hydroxylation is 2. The first-order valence-corrected chi connectivity index (χ1v) is 7.48. The zero-order valence-corrected chi connectivity index (χ0v) is 12.6. The number of aliphatic carboxylic acids is 1. The zero-order chi connectivity index (χ0) is 15.4. The summed E-state index contributed by atoms with van der Waals surface area (Å²) in [4.78, 5) is 23.2. The molecule has 0 aliphatic heterocycles. The molecule has 2 rings (SSSR count). The van der Waals surface area contributed by atoms with Gasteiger partial charge in [-0.2, -0.15) is 5.10 Å². The predicted octanol–water partition coefficient (Wildman–Crippen LogP) is 1.51. The minimum absolute atomic E-state index is 0.0423. The SMILES string of the molecule is Cc1cc(C)n(CC(=O)NCC2CCCCC2C(=O)O)n1. The van der Waals surface area contributed by atoms with Gasteiger partial charge in [0, 0.05) is 12.2 Å². The van der Waals surface area contributed by atoms with Gasteiger partial charge in [0.2, 0.25) is 5.91 Å². The van der Waals surface area contributed by atoms with Crippen molar-refractivity contribution in [2.45, 2.75) is 46.1 Å². The van der Waals surface area contributed by atoms with Gasteiger partial charge in [0.15, 0.2) is 0 Å². The summed E-state index contributed by atoms with van der Waals surface area (Å²) >= 11 is 0. The van der Waals surface area contributed by atoms with E-state index in [0.29, 0.717) is 13.0 Å². The van der Waals surface area contributed by atoms with E-state index >= 15 is 0 Å². The first kappa shape index (κ1) is 15.5. The lowest BCUT2D eigenvalue weighted by molar-refractivity contribution is -0.145. The molecule has 1 aromatic heterocycles. The highest BCUT2D eigenvalue weighted by molar-refractivity contribution is 5.76. The van der Waals surface area contributed by atoms with E-state index in [1.807, 2.05) is 19.9 Å². The summed E-state index contributed by atoms with van der Waals surface area (Å²) in [6.45, 7) is 4.43. The predicted molar refractivity (Wildman–Crippen MR) is 77.8 cm³/mol. The van der Waals surface area contributed by atoms with E-state index in [4.69, 9.17) is 0 Å². The number of hydrogen-bond acceptors (Lipinski definition) is 3. The molecule has 1 aliphatic rings. The Kier molecular flexibility index (Phi) is 4.98. The first-order valence-electron chi connectivity index (χ1n) is 7.48. The number of rotatable bonds is 5. The standard InChI is InChI=1S/C15H23N3O3/c1-10-7-11(2)18(17-10)9-14(19)16-8-12-5-3-4-6-13(12)15(20)21/h7,12-13H,3-6,8-9H2,1-2H3,(H,16,19)(H,20,21). The minimum Gasteiger partial charge on any atom is -0.481 e. The van der Waals surface area contributed by atoms with E-state index in [-0.39, 0.29) is 24.3 Å². The van der Waals surface area contributed by atoms with Crippen LogP contribution in [0, 0.1) is 25.7 Å². The molecule has 0 aromatic carbocycles. The number of amides is 1. The molecule has 2 unspecified atom stereocenters. The molecular weight excluding hydrogens is 270 g/mol. The van der Waals surface area contributed by atoms with Crippen LogP contribution in [0.1, 0.15) is 37.1 Å². The summed E-state index contributed by atoms with van der Waals surface area (Å²) in [6.07, 6.45) is 3.60. The summed E-state index contributed by atoms with van der Waals surface area (Å²) in [5.41, 5.74) is 1.84. The number of carboxylic acids is 1. The lowest BCUT2D eigenvalue weighted by Gasteiger charge is -2.28. The number of nitrogens with zero attached hydrogens (tertiary/aromatic N) is 2. The molecule has 1 fully saturated rings. The van der Waals surface area contributed by atoms with Gasteiger partial charge in [-0.25, -0.2) is 0 Å². The molecule has 1 saturated carbocycles. The van der Waals surface area contributed by atoms with Crippen molar-refractivity contribution in [1.82, 2.24) is 15.1 Å². The Morgan fingerprint density at radius 2 is 2.10 bits per heavy atom. The lowest BCUT2D eigenvalue weighted by atomic mass is 9.79. The number of hydrogen-bond donors (Lipinski definition) is 2. The molecule has 1 amide bonds. The number of carboxylic acid groups (broad SMARTS) is 1. The highest BCUT2D eigenvalue weighted by atomic mass is 16.4. The van der Waals surface area contributed by atoms with Crippen molar-refractivity contribution in [3.05, 3.63) is 17.5 Å². The maximum absolute atomic E-state index is 12.0. The summed E-state index contributed by atoms with van der Waals surface area (Å²) in [5, 5.41) is 16.3. The van der Waals surface area contributed by atoms with Gasteiger partial charge >= 0.3 is 5.97 Å². The van der Waals surface area contributed by atoms with E-state index in [0.717, 1.165) is 30.7 Å². The zero-order valence-electron chi connectivity index (χ0n) is 12.6. The van der Waals surface area contributed by atoms with Gasteiger partial charge in [-0.1, -0.05) is 12.8 Å². The second-order valence-electron chi connectivity index (χ2n) is 5.88. The van der Waals surface area contributed by atoms with Crippen LogP contribution in [0.4, 0.5) is 0 Å². The van der Waals surface area contributed by atoms with Crippen LogP contribution in [0.25, 0.3) is 0 Å². The van der Waals surface area contributed by atoms with Crippen LogP contribution >= 0.6 is 0 Å². The smallest absolute Gasteiger partial charge is 0.306 e. The maximum Gasteiger partial charge on any atom is 0.306 e. The second-order valence-corrected chi connectivity index (χ2v) is 5.88. The monoisotopic (exact) mass is 293 g/mol. The van der Waals surface area contributed by atoms with E-state index in [2.05, 4.69) is 10.4 Å². The Balaban J connectivity index is 1.85. The third kappa shape index (κ3) is 4.06. The molecule has 1 aromatic rings. The second kappa shape index (κ2) is 6.74. The molecule has 0 saturated heterocycles. The van der Waals surface area contributed by atoms with Crippen LogP contribution in [0.5, 0.6) is 0 Å². The fraction of sp³-hybridized carbons (Fsp3) is 0.667. The number of nitrogens with one attached hydrogen (secondary N) is 1. The van der Waals surface area contributed by atoms with Gasteiger partial charge in [0.1, 0.15) is 6.54 Å². The Morgan fingerprint density at radius 3 is 2.71 bits per heavy atom. The molecule has 21 heavy (non-hydrogen) atoms. The molecule has 6 heteroatoms. The van der Waals surface area contributed by atoms with Gasteiger partial charge in [0.05, 0.1) is 11.6 Å². The van der Waals surface area contributed by atoms with E-state index in [1.54, 1.807) is 4.68 Å². The largest absolute Gasteiger partial charge is 0.481 e. The van der Waals surface area contributed by atoms with Crippen molar-refractivity contribution in [3.8, 4) is 0 Å². The summed E-state index contributed by atoms with van der Waals surface area (Å²) in [5.74, 6) is -1.14. The molecule has 2 atom stereocenters. The Bertz CT molecular complexity index is 524. The molecule has 0 radical (unpaired) electrons. The molecule has 116 valence electrons. The van der Waals surface area contributed by atoms with Crippen molar-refractivity contribution in [1.29, 1.82) is 0 Å². The topological polar surface area (TPSA) is 84.2 Å². The van der Waals surface area contributed by atoms with Gasteiger partial charge in [-0.3, -0.25) is 14.3 Å². The third-order valence-corrected chi connectivity index (χ3v) is 4.18. The number of aromatic nitrogens is 2. The molecule has 0 spiro atoms. The van der Waals surface area contributed by atoms with Crippen molar-refractivity contribution in [3.63, 3.8) is 0 Å². The fourth-order valence-corrected chi connectivity index (χ4v) is 3.05. The highest BCUT2D eigenvalue weighted by Gasteiger charge is 2.30. The lowest BCUT2D eigenvalue weighted by Crippen LogP contribution is -2.38. The van der Waals surface area contributed by atoms with Crippen LogP contribution in [-0.2, 0) is 16.1 Å². The van der Waals surface area contributed by atoms with Gasteiger partial charge in [-0.15, -0.1) is 0 Å². The maximum atomic E-state index is 12.0. The Morgan fingerprint density at radius 1 is 1.38 bits per heavy atom. The quantitative estimate of drug-likeness (QED) is 0.862. The van der Waals surface area contributed by atoms with Crippen LogP contribution in [0.2, 0.25) is 0 Å². The van der Waals surface area contributed by atoms with E-state index < -0.39 is 5.97 Å². The average Bonchev–Trinajstić information content (AvgIpc) is 2.74. The van der Waals surface area contributed by atoms with Crippen LogP contribution in [-0.4, -0.2) is 33.3 Å². The molecule has 6 nitrogen and oxygen atoms in total. The average molecular weight is 293 g/mol. The van der Waals surface area contributed by atoms with Crippen molar-refractivity contribution in [2.75, 3.05) is 6.54 Å². The number of carbonyl (C=O) groups is 2. The van der Waals surface area contributed by atoms with Gasteiger partial charge in [-0.05, 0) is 38.7 Å². The molecule has 2 N–H and O–H groups in total. The molecule has 1 heterocycles. The van der Waals surface area contributed by atoms with E-state index in [9.17, 15) is 14.7 Å². The Hall–Kier alpha value is -1.85. The normalized spacial score (nSPS) is 22.0. The first-order chi connectivity index (χ1) is 9.97. The van der Waals surface area contributed by atoms with Gasteiger partial charge in [0.25, 0.3) is 0 Å². The van der Waals surface area contributed by atoms with Gasteiger partial charge < -0.3 is 10.4 Å².